The van der Waals surface area contributed by atoms with Crippen molar-refractivity contribution in [1.29, 1.82) is 0 Å². The lowest BCUT2D eigenvalue weighted by Gasteiger charge is -2.11. The van der Waals surface area contributed by atoms with Gasteiger partial charge in [0.25, 0.3) is 0 Å². The van der Waals surface area contributed by atoms with Crippen LogP contribution in [0.3, 0.4) is 0 Å². The van der Waals surface area contributed by atoms with Crippen molar-refractivity contribution in [3.05, 3.63) is 32.1 Å². The number of nitro groups is 1. The van der Waals surface area contributed by atoms with Crippen molar-refractivity contribution < 1.29 is 24.0 Å². The maximum atomic E-state index is 12.0. The normalized spacial score (nSPS) is 10.1. The van der Waals surface area contributed by atoms with Gasteiger partial charge in [-0.2, -0.15) is 0 Å². The number of aromatic nitrogens is 1. The molecule has 0 aliphatic carbocycles. The quantitative estimate of drug-likeness (QED) is 0.355. The first-order valence-electron chi connectivity index (χ1n) is 6.03. The van der Waals surface area contributed by atoms with Gasteiger partial charge in [0.15, 0.2) is 5.56 Å². The van der Waals surface area contributed by atoms with Crippen molar-refractivity contribution in [3.8, 4) is 0 Å². The van der Waals surface area contributed by atoms with Crippen LogP contribution in [0.15, 0.2) is 0 Å². The molecule has 0 aliphatic rings. The average Bonchev–Trinajstić information content (AvgIpc) is 2.37. The second kappa shape index (κ2) is 6.98. The second-order valence-corrected chi connectivity index (χ2v) is 4.14. The van der Waals surface area contributed by atoms with Crippen LogP contribution in [-0.4, -0.2) is 35.1 Å². The summed E-state index contributed by atoms with van der Waals surface area (Å²) in [6, 6.07) is 0. The molecule has 1 heterocycles. The summed E-state index contributed by atoms with van der Waals surface area (Å²) < 4.78 is 9.52. The van der Waals surface area contributed by atoms with Crippen LogP contribution in [0, 0.1) is 17.0 Å². The number of esters is 2. The number of aryl methyl sites for hydroxylation is 1. The number of hydrogen-bond donors (Lipinski definition) is 0. The summed E-state index contributed by atoms with van der Waals surface area (Å²) in [6.45, 7) is 4.38. The first-order valence-corrected chi connectivity index (χ1v) is 6.41. The molecular weight excluding hydrogens is 304 g/mol. The third kappa shape index (κ3) is 3.46. The predicted octanol–water partition coefficient (Wildman–Crippen LogP) is 2.31. The van der Waals surface area contributed by atoms with Crippen molar-refractivity contribution >= 4 is 29.2 Å². The molecular formula is C12H13ClN2O6. The fourth-order valence-corrected chi connectivity index (χ4v) is 1.97. The van der Waals surface area contributed by atoms with Crippen LogP contribution in [0.1, 0.15) is 40.3 Å². The molecule has 1 aromatic rings. The number of halogens is 1. The summed E-state index contributed by atoms with van der Waals surface area (Å²) in [5.41, 5.74) is -1.73. The fourth-order valence-electron chi connectivity index (χ4n) is 1.67. The largest absolute Gasteiger partial charge is 0.462 e. The molecule has 0 N–H and O–H groups in total. The van der Waals surface area contributed by atoms with Gasteiger partial charge >= 0.3 is 17.6 Å². The van der Waals surface area contributed by atoms with E-state index in [2.05, 4.69) is 4.98 Å². The Kier molecular flexibility index (Phi) is 5.60. The fraction of sp³-hybridized carbons (Fsp3) is 0.417. The highest BCUT2D eigenvalue weighted by Crippen LogP contribution is 2.31. The first-order chi connectivity index (χ1) is 9.84. The lowest BCUT2D eigenvalue weighted by atomic mass is 10.1. The SMILES string of the molecule is CCOC(=O)c1c(Cl)nc(C)c([N+](=O)[O-])c1C(=O)OCC. The zero-order valence-corrected chi connectivity index (χ0v) is 12.4. The van der Waals surface area contributed by atoms with E-state index in [0.717, 1.165) is 0 Å². The Bertz CT molecular complexity index is 602. The molecule has 9 heteroatoms. The number of carbonyl (C=O) groups excluding carboxylic acids is 2. The van der Waals surface area contributed by atoms with E-state index in [0.29, 0.717) is 0 Å². The van der Waals surface area contributed by atoms with E-state index >= 15 is 0 Å². The van der Waals surface area contributed by atoms with E-state index in [4.69, 9.17) is 21.1 Å². The lowest BCUT2D eigenvalue weighted by Crippen LogP contribution is -2.18. The maximum absolute atomic E-state index is 12.0. The highest BCUT2D eigenvalue weighted by atomic mass is 35.5. The Hall–Kier alpha value is -2.22. The lowest BCUT2D eigenvalue weighted by molar-refractivity contribution is -0.386. The maximum Gasteiger partial charge on any atom is 0.346 e. The summed E-state index contributed by atoms with van der Waals surface area (Å²) in [7, 11) is 0. The number of ether oxygens (including phenoxy) is 2. The number of carbonyl (C=O) groups is 2. The number of pyridine rings is 1. The standard InChI is InChI=1S/C12H13ClN2O6/c1-4-20-11(16)7-8(12(17)21-5-2)10(13)14-6(3)9(7)15(18)19/h4-5H2,1-3H3. The van der Waals surface area contributed by atoms with Crippen molar-refractivity contribution in [2.75, 3.05) is 13.2 Å². The Balaban J connectivity index is 3.68. The number of rotatable bonds is 5. The van der Waals surface area contributed by atoms with Gasteiger partial charge in [-0.25, -0.2) is 14.6 Å². The topological polar surface area (TPSA) is 109 Å². The highest BCUT2D eigenvalue weighted by Gasteiger charge is 2.34. The van der Waals surface area contributed by atoms with Gasteiger partial charge < -0.3 is 9.47 Å². The minimum Gasteiger partial charge on any atom is -0.462 e. The van der Waals surface area contributed by atoms with E-state index in [9.17, 15) is 19.7 Å². The molecule has 0 bridgehead atoms. The van der Waals surface area contributed by atoms with Gasteiger partial charge in [0.2, 0.25) is 0 Å². The molecule has 0 amide bonds. The average molecular weight is 317 g/mol. The van der Waals surface area contributed by atoms with Gasteiger partial charge in [-0.1, -0.05) is 11.6 Å². The molecule has 0 spiro atoms. The summed E-state index contributed by atoms with van der Waals surface area (Å²) in [5.74, 6) is -2.00. The Morgan fingerprint density at radius 2 is 1.67 bits per heavy atom. The van der Waals surface area contributed by atoms with E-state index in [-0.39, 0.29) is 24.1 Å². The van der Waals surface area contributed by atoms with E-state index < -0.39 is 33.7 Å². The molecule has 0 atom stereocenters. The van der Waals surface area contributed by atoms with E-state index in [1.807, 2.05) is 0 Å². The molecule has 1 rings (SSSR count). The summed E-state index contributed by atoms with van der Waals surface area (Å²) in [6.07, 6.45) is 0. The van der Waals surface area contributed by atoms with Gasteiger partial charge in [0.1, 0.15) is 16.4 Å². The monoisotopic (exact) mass is 316 g/mol. The van der Waals surface area contributed by atoms with Crippen LogP contribution in [0.2, 0.25) is 5.15 Å². The van der Waals surface area contributed by atoms with Gasteiger partial charge in [0, 0.05) is 0 Å². The molecule has 21 heavy (non-hydrogen) atoms. The molecule has 114 valence electrons. The van der Waals surface area contributed by atoms with Crippen LogP contribution in [0.25, 0.3) is 0 Å². The van der Waals surface area contributed by atoms with Crippen LogP contribution >= 0.6 is 11.6 Å². The van der Waals surface area contributed by atoms with Crippen molar-refractivity contribution in [2.24, 2.45) is 0 Å². The van der Waals surface area contributed by atoms with E-state index in [1.54, 1.807) is 6.92 Å². The Labute approximate surface area is 125 Å². The molecule has 1 aromatic heterocycles. The van der Waals surface area contributed by atoms with Crippen molar-refractivity contribution in [1.82, 2.24) is 4.98 Å². The van der Waals surface area contributed by atoms with Gasteiger partial charge in [-0.3, -0.25) is 10.1 Å². The third-order valence-electron chi connectivity index (χ3n) is 2.44. The molecule has 0 aliphatic heterocycles. The molecule has 0 aromatic carbocycles. The molecule has 0 fully saturated rings. The van der Waals surface area contributed by atoms with Crippen LogP contribution in [0.4, 0.5) is 5.69 Å². The molecule has 0 saturated heterocycles. The van der Waals surface area contributed by atoms with Gasteiger partial charge in [-0.05, 0) is 20.8 Å². The Morgan fingerprint density at radius 1 is 1.19 bits per heavy atom. The zero-order chi connectivity index (χ0) is 16.2. The minimum absolute atomic E-state index is 0.0130. The number of nitrogens with zero attached hydrogens (tertiary/aromatic N) is 2. The zero-order valence-electron chi connectivity index (χ0n) is 11.6. The summed E-state index contributed by atoms with van der Waals surface area (Å²) >= 11 is 5.84. The molecule has 8 nitrogen and oxygen atoms in total. The van der Waals surface area contributed by atoms with E-state index in [1.165, 1.54) is 13.8 Å². The summed E-state index contributed by atoms with van der Waals surface area (Å²) in [5, 5.41) is 10.8. The molecule has 0 radical (unpaired) electrons. The third-order valence-corrected chi connectivity index (χ3v) is 2.72. The van der Waals surface area contributed by atoms with Gasteiger partial charge in [-0.15, -0.1) is 0 Å². The minimum atomic E-state index is -1.03. The number of hydrogen-bond acceptors (Lipinski definition) is 7. The predicted molar refractivity (Wildman–Crippen MR) is 72.6 cm³/mol. The van der Waals surface area contributed by atoms with Crippen LogP contribution < -0.4 is 0 Å². The van der Waals surface area contributed by atoms with Gasteiger partial charge in [0.05, 0.1) is 18.1 Å². The Morgan fingerprint density at radius 3 is 2.10 bits per heavy atom. The summed E-state index contributed by atoms with van der Waals surface area (Å²) in [4.78, 5) is 37.9. The van der Waals surface area contributed by atoms with Crippen LogP contribution in [0.5, 0.6) is 0 Å². The second-order valence-electron chi connectivity index (χ2n) is 3.78. The van der Waals surface area contributed by atoms with Crippen molar-refractivity contribution in [2.45, 2.75) is 20.8 Å². The first kappa shape index (κ1) is 16.8. The molecule has 0 unspecified atom stereocenters. The van der Waals surface area contributed by atoms with Crippen molar-refractivity contribution in [3.63, 3.8) is 0 Å². The van der Waals surface area contributed by atoms with Crippen LogP contribution in [-0.2, 0) is 9.47 Å². The highest BCUT2D eigenvalue weighted by molar-refractivity contribution is 6.33. The molecule has 0 saturated carbocycles. The smallest absolute Gasteiger partial charge is 0.346 e.